The fourth-order valence-corrected chi connectivity index (χ4v) is 3.68. The summed E-state index contributed by atoms with van der Waals surface area (Å²) in [4.78, 5) is 2.28. The normalized spacial score (nSPS) is 11.6. The van der Waals surface area contributed by atoms with Crippen molar-refractivity contribution in [1.82, 2.24) is 4.83 Å². The van der Waals surface area contributed by atoms with E-state index in [9.17, 15) is 8.42 Å². The molecule has 0 saturated carbocycles. The predicted molar refractivity (Wildman–Crippen MR) is 122 cm³/mol. The summed E-state index contributed by atoms with van der Waals surface area (Å²) in [6.07, 6.45) is 1.38. The molecule has 0 amide bonds. The number of sulfonamides is 1. The second-order valence-corrected chi connectivity index (χ2v) is 9.02. The number of nitrogens with zero attached hydrogens (tertiary/aromatic N) is 1. The average molecular weight is 459 g/mol. The molecule has 0 radical (unpaired) electrons. The lowest BCUT2D eigenvalue weighted by molar-refractivity contribution is 0.242. The van der Waals surface area contributed by atoms with Crippen LogP contribution in [-0.4, -0.2) is 20.7 Å². The van der Waals surface area contributed by atoms with E-state index in [0.29, 0.717) is 28.7 Å². The van der Waals surface area contributed by atoms with Crippen molar-refractivity contribution in [2.75, 3.05) is 0 Å². The standard InChI is InChI=1S/C23H23ClN2O4S/c1-17(2)30-20-9-11-21(12-10-20)31(27,28)26-25-15-19-8-13-23(22(24)14-19)29-16-18-6-4-3-5-7-18/h3-15,17,26H,16H2,1-2H3/b25-15+. The van der Waals surface area contributed by atoms with Gasteiger partial charge in [-0.15, -0.1) is 0 Å². The molecule has 0 aliphatic heterocycles. The summed E-state index contributed by atoms with van der Waals surface area (Å²) in [5.41, 5.74) is 1.66. The fourth-order valence-electron chi connectivity index (χ4n) is 2.64. The van der Waals surface area contributed by atoms with Crippen molar-refractivity contribution in [3.05, 3.63) is 88.9 Å². The van der Waals surface area contributed by atoms with Crippen LogP contribution in [0.2, 0.25) is 5.02 Å². The summed E-state index contributed by atoms with van der Waals surface area (Å²) < 4.78 is 36.0. The van der Waals surface area contributed by atoms with Gasteiger partial charge in [0.2, 0.25) is 0 Å². The number of hydrogen-bond donors (Lipinski definition) is 1. The summed E-state index contributed by atoms with van der Waals surface area (Å²) in [6, 6.07) is 21.0. The molecule has 0 unspecified atom stereocenters. The van der Waals surface area contributed by atoms with Gasteiger partial charge in [-0.1, -0.05) is 41.9 Å². The zero-order valence-electron chi connectivity index (χ0n) is 17.2. The van der Waals surface area contributed by atoms with Gasteiger partial charge >= 0.3 is 0 Å². The predicted octanol–water partition coefficient (Wildman–Crippen LogP) is 5.02. The third-order valence-corrected chi connectivity index (χ3v) is 5.62. The molecule has 3 aromatic rings. The minimum absolute atomic E-state index is 0.00660. The Hall–Kier alpha value is -3.03. The number of nitrogens with one attached hydrogen (secondary N) is 1. The number of rotatable bonds is 9. The van der Waals surface area contributed by atoms with E-state index in [-0.39, 0.29) is 11.0 Å². The van der Waals surface area contributed by atoms with Gasteiger partial charge in [0.15, 0.2) is 0 Å². The van der Waals surface area contributed by atoms with E-state index in [2.05, 4.69) is 9.93 Å². The minimum Gasteiger partial charge on any atom is -0.491 e. The van der Waals surface area contributed by atoms with Gasteiger partial charge in [0.05, 0.1) is 22.2 Å². The Kier molecular flexibility index (Phi) is 7.55. The molecule has 0 aliphatic carbocycles. The maximum Gasteiger partial charge on any atom is 0.276 e. The van der Waals surface area contributed by atoms with Crippen LogP contribution in [-0.2, 0) is 16.6 Å². The van der Waals surface area contributed by atoms with Crippen molar-refractivity contribution >= 4 is 27.8 Å². The smallest absolute Gasteiger partial charge is 0.276 e. The molecule has 0 bridgehead atoms. The number of hydrazone groups is 1. The second kappa shape index (κ2) is 10.3. The molecule has 0 heterocycles. The molecule has 0 aliphatic rings. The van der Waals surface area contributed by atoms with Crippen LogP contribution < -0.4 is 14.3 Å². The van der Waals surface area contributed by atoms with Crippen LogP contribution >= 0.6 is 11.6 Å². The molecule has 0 fully saturated rings. The van der Waals surface area contributed by atoms with Gasteiger partial charge in [-0.25, -0.2) is 4.83 Å². The van der Waals surface area contributed by atoms with E-state index in [1.165, 1.54) is 18.3 Å². The zero-order valence-corrected chi connectivity index (χ0v) is 18.7. The van der Waals surface area contributed by atoms with Crippen molar-refractivity contribution in [2.24, 2.45) is 5.10 Å². The van der Waals surface area contributed by atoms with Crippen LogP contribution in [0.25, 0.3) is 0 Å². The third-order valence-electron chi connectivity index (χ3n) is 4.09. The van der Waals surface area contributed by atoms with Gasteiger partial charge in [0, 0.05) is 0 Å². The second-order valence-electron chi connectivity index (χ2n) is 6.96. The third kappa shape index (κ3) is 6.73. The Morgan fingerprint density at radius 2 is 1.74 bits per heavy atom. The monoisotopic (exact) mass is 458 g/mol. The van der Waals surface area contributed by atoms with Crippen molar-refractivity contribution in [1.29, 1.82) is 0 Å². The Labute approximate surface area is 187 Å². The number of ether oxygens (including phenoxy) is 2. The Morgan fingerprint density at radius 1 is 1.03 bits per heavy atom. The van der Waals surface area contributed by atoms with Crippen molar-refractivity contribution in [2.45, 2.75) is 31.5 Å². The maximum atomic E-state index is 12.4. The molecule has 1 N–H and O–H groups in total. The quantitative estimate of drug-likeness (QED) is 0.361. The molecule has 3 rings (SSSR count). The molecular weight excluding hydrogens is 436 g/mol. The van der Waals surface area contributed by atoms with Crippen molar-refractivity contribution in [3.63, 3.8) is 0 Å². The summed E-state index contributed by atoms with van der Waals surface area (Å²) in [7, 11) is -3.79. The molecular formula is C23H23ClN2O4S. The van der Waals surface area contributed by atoms with Crippen LogP contribution in [0.5, 0.6) is 11.5 Å². The Morgan fingerprint density at radius 3 is 2.39 bits per heavy atom. The molecule has 0 saturated heterocycles. The molecule has 162 valence electrons. The van der Waals surface area contributed by atoms with E-state index >= 15 is 0 Å². The summed E-state index contributed by atoms with van der Waals surface area (Å²) in [6.45, 7) is 4.19. The van der Waals surface area contributed by atoms with Crippen LogP contribution in [0.4, 0.5) is 0 Å². The molecule has 6 nitrogen and oxygen atoms in total. The Balaban J connectivity index is 1.60. The highest BCUT2D eigenvalue weighted by Gasteiger charge is 2.13. The van der Waals surface area contributed by atoms with Crippen molar-refractivity contribution < 1.29 is 17.9 Å². The maximum absolute atomic E-state index is 12.4. The molecule has 0 atom stereocenters. The minimum atomic E-state index is -3.79. The van der Waals surface area contributed by atoms with Gasteiger partial charge in [-0.2, -0.15) is 13.5 Å². The number of benzene rings is 3. The number of hydrogen-bond acceptors (Lipinski definition) is 5. The van der Waals surface area contributed by atoms with Crippen molar-refractivity contribution in [3.8, 4) is 11.5 Å². The SMILES string of the molecule is CC(C)Oc1ccc(S(=O)(=O)N/N=C/c2ccc(OCc3ccccc3)c(Cl)c2)cc1. The lowest BCUT2D eigenvalue weighted by atomic mass is 10.2. The number of halogens is 1. The summed E-state index contributed by atoms with van der Waals surface area (Å²) >= 11 is 6.27. The van der Waals surface area contributed by atoms with E-state index in [1.807, 2.05) is 44.2 Å². The highest BCUT2D eigenvalue weighted by atomic mass is 35.5. The van der Waals surface area contributed by atoms with Gasteiger partial charge in [0.1, 0.15) is 18.1 Å². The van der Waals surface area contributed by atoms with Gasteiger partial charge in [-0.3, -0.25) is 0 Å². The molecule has 0 spiro atoms. The van der Waals surface area contributed by atoms with E-state index in [1.54, 1.807) is 30.3 Å². The molecule has 8 heteroatoms. The first kappa shape index (κ1) is 22.7. The largest absolute Gasteiger partial charge is 0.491 e. The van der Waals surface area contributed by atoms with Gasteiger partial charge in [0.25, 0.3) is 10.0 Å². The Bertz CT molecular complexity index is 1130. The van der Waals surface area contributed by atoms with E-state index < -0.39 is 10.0 Å². The fraction of sp³-hybridized carbons (Fsp3) is 0.174. The van der Waals surface area contributed by atoms with Crippen LogP contribution in [0.1, 0.15) is 25.0 Å². The first-order chi connectivity index (χ1) is 14.8. The van der Waals surface area contributed by atoms with Gasteiger partial charge in [-0.05, 0) is 67.4 Å². The van der Waals surface area contributed by atoms with E-state index in [4.69, 9.17) is 21.1 Å². The lowest BCUT2D eigenvalue weighted by Crippen LogP contribution is -2.18. The molecule has 3 aromatic carbocycles. The van der Waals surface area contributed by atoms with Crippen LogP contribution in [0.3, 0.4) is 0 Å². The lowest BCUT2D eigenvalue weighted by Gasteiger charge is -2.10. The highest BCUT2D eigenvalue weighted by molar-refractivity contribution is 7.89. The molecule has 31 heavy (non-hydrogen) atoms. The van der Waals surface area contributed by atoms with Crippen LogP contribution in [0, 0.1) is 0 Å². The summed E-state index contributed by atoms with van der Waals surface area (Å²) in [5, 5.41) is 4.24. The summed E-state index contributed by atoms with van der Waals surface area (Å²) in [5.74, 6) is 1.13. The van der Waals surface area contributed by atoms with E-state index in [0.717, 1.165) is 5.56 Å². The zero-order chi connectivity index (χ0) is 22.3. The molecule has 0 aromatic heterocycles. The average Bonchev–Trinajstić information content (AvgIpc) is 2.74. The first-order valence-corrected chi connectivity index (χ1v) is 11.5. The van der Waals surface area contributed by atoms with Gasteiger partial charge < -0.3 is 9.47 Å². The van der Waals surface area contributed by atoms with Crippen LogP contribution in [0.15, 0.2) is 82.8 Å². The first-order valence-electron chi connectivity index (χ1n) is 9.61. The highest BCUT2D eigenvalue weighted by Crippen LogP contribution is 2.26. The topological polar surface area (TPSA) is 77.0 Å².